The first-order chi connectivity index (χ1) is 9.43. The van der Waals surface area contributed by atoms with Gasteiger partial charge in [-0.25, -0.2) is 8.42 Å². The van der Waals surface area contributed by atoms with Crippen LogP contribution < -0.4 is 5.32 Å². The Morgan fingerprint density at radius 2 is 1.90 bits per heavy atom. The van der Waals surface area contributed by atoms with Crippen LogP contribution in [0.5, 0.6) is 0 Å². The van der Waals surface area contributed by atoms with E-state index in [1.165, 1.54) is 6.26 Å². The standard InChI is InChI=1S/C14H16BrNO3S/c1-3-16-13(14-12(15)8-9-19-14)10-4-6-11(7-5-10)20(2,17)18/h4-9,13,16H,3H2,1-2H3. The molecule has 2 aromatic rings. The molecule has 0 fully saturated rings. The Morgan fingerprint density at radius 3 is 2.35 bits per heavy atom. The lowest BCUT2D eigenvalue weighted by atomic mass is 10.0. The van der Waals surface area contributed by atoms with Gasteiger partial charge in [-0.3, -0.25) is 0 Å². The van der Waals surface area contributed by atoms with Crippen LogP contribution in [0.3, 0.4) is 0 Å². The molecule has 108 valence electrons. The van der Waals surface area contributed by atoms with Gasteiger partial charge in [0.25, 0.3) is 0 Å². The van der Waals surface area contributed by atoms with Gasteiger partial charge in [-0.15, -0.1) is 0 Å². The van der Waals surface area contributed by atoms with Gasteiger partial charge in [0.15, 0.2) is 9.84 Å². The van der Waals surface area contributed by atoms with Crippen LogP contribution in [-0.2, 0) is 9.84 Å². The zero-order chi connectivity index (χ0) is 14.8. The quantitative estimate of drug-likeness (QED) is 0.892. The van der Waals surface area contributed by atoms with E-state index in [-0.39, 0.29) is 6.04 Å². The van der Waals surface area contributed by atoms with Crippen LogP contribution in [0, 0.1) is 0 Å². The summed E-state index contributed by atoms with van der Waals surface area (Å²) < 4.78 is 29.3. The number of sulfone groups is 1. The van der Waals surface area contributed by atoms with E-state index in [1.807, 2.05) is 13.0 Å². The van der Waals surface area contributed by atoms with Gasteiger partial charge in [0.2, 0.25) is 0 Å². The van der Waals surface area contributed by atoms with Gasteiger partial charge in [-0.2, -0.15) is 0 Å². The average Bonchev–Trinajstić information content (AvgIpc) is 2.81. The number of nitrogens with one attached hydrogen (secondary N) is 1. The Balaban J connectivity index is 2.38. The molecule has 0 spiro atoms. The molecule has 0 amide bonds. The number of benzene rings is 1. The zero-order valence-electron chi connectivity index (χ0n) is 11.3. The smallest absolute Gasteiger partial charge is 0.175 e. The molecule has 0 bridgehead atoms. The molecule has 1 atom stereocenters. The SMILES string of the molecule is CCNC(c1ccc(S(C)(=O)=O)cc1)c1occc1Br. The van der Waals surface area contributed by atoms with Crippen LogP contribution in [0.4, 0.5) is 0 Å². The maximum absolute atomic E-state index is 11.5. The first-order valence-corrected chi connectivity index (χ1v) is 8.88. The van der Waals surface area contributed by atoms with Crippen molar-refractivity contribution in [2.45, 2.75) is 17.9 Å². The summed E-state index contributed by atoms with van der Waals surface area (Å²) in [6.07, 6.45) is 2.82. The monoisotopic (exact) mass is 357 g/mol. The van der Waals surface area contributed by atoms with E-state index in [1.54, 1.807) is 30.5 Å². The topological polar surface area (TPSA) is 59.3 Å². The number of furan rings is 1. The van der Waals surface area contributed by atoms with Crippen molar-refractivity contribution in [2.75, 3.05) is 12.8 Å². The lowest BCUT2D eigenvalue weighted by molar-refractivity contribution is 0.450. The van der Waals surface area contributed by atoms with Crippen molar-refractivity contribution in [3.8, 4) is 0 Å². The van der Waals surface area contributed by atoms with Gasteiger partial charge in [-0.1, -0.05) is 19.1 Å². The first kappa shape index (κ1) is 15.3. The van der Waals surface area contributed by atoms with Crippen LogP contribution in [0.25, 0.3) is 0 Å². The van der Waals surface area contributed by atoms with Gasteiger partial charge in [0, 0.05) is 6.26 Å². The fourth-order valence-electron chi connectivity index (χ4n) is 1.98. The van der Waals surface area contributed by atoms with Crippen molar-refractivity contribution in [1.82, 2.24) is 5.32 Å². The normalized spacial score (nSPS) is 13.3. The minimum atomic E-state index is -3.17. The molecular formula is C14H16BrNO3S. The van der Waals surface area contributed by atoms with Crippen LogP contribution in [0.1, 0.15) is 24.3 Å². The Labute approximate surface area is 127 Å². The molecule has 0 aliphatic carbocycles. The predicted octanol–water partition coefficient (Wildman–Crippen LogP) is 3.14. The van der Waals surface area contributed by atoms with Crippen LogP contribution in [0.15, 0.2) is 50.4 Å². The van der Waals surface area contributed by atoms with E-state index in [0.29, 0.717) is 4.90 Å². The average molecular weight is 358 g/mol. The summed E-state index contributed by atoms with van der Waals surface area (Å²) in [5, 5.41) is 3.33. The Bertz CT molecular complexity index is 677. The van der Waals surface area contributed by atoms with Gasteiger partial charge in [0.05, 0.1) is 21.7 Å². The molecule has 6 heteroatoms. The van der Waals surface area contributed by atoms with E-state index in [4.69, 9.17) is 4.42 Å². The lowest BCUT2D eigenvalue weighted by Crippen LogP contribution is -2.21. The molecule has 1 N–H and O–H groups in total. The van der Waals surface area contributed by atoms with Crippen LogP contribution in [-0.4, -0.2) is 21.2 Å². The highest BCUT2D eigenvalue weighted by Crippen LogP contribution is 2.30. The van der Waals surface area contributed by atoms with Gasteiger partial charge < -0.3 is 9.73 Å². The number of rotatable bonds is 5. The van der Waals surface area contributed by atoms with Crippen LogP contribution in [0.2, 0.25) is 0 Å². The molecule has 0 saturated heterocycles. The van der Waals surface area contributed by atoms with E-state index in [0.717, 1.165) is 22.3 Å². The third-order valence-electron chi connectivity index (χ3n) is 2.96. The first-order valence-electron chi connectivity index (χ1n) is 6.19. The number of halogens is 1. The van der Waals surface area contributed by atoms with Crippen molar-refractivity contribution < 1.29 is 12.8 Å². The van der Waals surface area contributed by atoms with Crippen molar-refractivity contribution >= 4 is 25.8 Å². The number of hydrogen-bond acceptors (Lipinski definition) is 4. The van der Waals surface area contributed by atoms with E-state index in [2.05, 4.69) is 21.2 Å². The molecule has 0 saturated carbocycles. The van der Waals surface area contributed by atoms with E-state index < -0.39 is 9.84 Å². The Morgan fingerprint density at radius 1 is 1.25 bits per heavy atom. The van der Waals surface area contributed by atoms with E-state index in [9.17, 15) is 8.42 Å². The highest BCUT2D eigenvalue weighted by atomic mass is 79.9. The Kier molecular flexibility index (Phi) is 4.67. The summed E-state index contributed by atoms with van der Waals surface area (Å²) >= 11 is 3.45. The van der Waals surface area contributed by atoms with Gasteiger partial charge >= 0.3 is 0 Å². The molecular weight excluding hydrogens is 342 g/mol. The van der Waals surface area contributed by atoms with Gasteiger partial charge in [0.1, 0.15) is 5.76 Å². The largest absolute Gasteiger partial charge is 0.466 e. The van der Waals surface area contributed by atoms with Crippen molar-refractivity contribution in [2.24, 2.45) is 0 Å². The molecule has 0 radical (unpaired) electrons. The summed E-state index contributed by atoms with van der Waals surface area (Å²) in [6, 6.07) is 8.57. The molecule has 20 heavy (non-hydrogen) atoms. The van der Waals surface area contributed by atoms with Crippen molar-refractivity contribution in [1.29, 1.82) is 0 Å². The molecule has 0 aliphatic rings. The zero-order valence-corrected chi connectivity index (χ0v) is 13.7. The third-order valence-corrected chi connectivity index (χ3v) is 4.74. The minimum absolute atomic E-state index is 0.113. The van der Waals surface area contributed by atoms with E-state index >= 15 is 0 Å². The highest BCUT2D eigenvalue weighted by molar-refractivity contribution is 9.10. The fourth-order valence-corrected chi connectivity index (χ4v) is 3.05. The fraction of sp³-hybridized carbons (Fsp3) is 0.286. The summed E-state index contributed by atoms with van der Waals surface area (Å²) in [7, 11) is -3.17. The predicted molar refractivity (Wildman–Crippen MR) is 81.5 cm³/mol. The van der Waals surface area contributed by atoms with Crippen molar-refractivity contribution in [3.05, 3.63) is 52.4 Å². The molecule has 4 nitrogen and oxygen atoms in total. The maximum atomic E-state index is 11.5. The second kappa shape index (κ2) is 6.11. The molecule has 1 aromatic heterocycles. The van der Waals surface area contributed by atoms with Gasteiger partial charge in [-0.05, 0) is 46.2 Å². The second-order valence-corrected chi connectivity index (χ2v) is 7.33. The molecule has 1 unspecified atom stereocenters. The van der Waals surface area contributed by atoms with Crippen molar-refractivity contribution in [3.63, 3.8) is 0 Å². The van der Waals surface area contributed by atoms with Crippen LogP contribution >= 0.6 is 15.9 Å². The molecule has 1 heterocycles. The minimum Gasteiger partial charge on any atom is -0.466 e. The summed E-state index contributed by atoms with van der Waals surface area (Å²) in [4.78, 5) is 0.315. The second-order valence-electron chi connectivity index (χ2n) is 4.46. The maximum Gasteiger partial charge on any atom is 0.175 e. The molecule has 1 aromatic carbocycles. The Hall–Kier alpha value is -1.11. The third kappa shape index (κ3) is 3.31. The molecule has 2 rings (SSSR count). The highest BCUT2D eigenvalue weighted by Gasteiger charge is 2.19. The summed E-state index contributed by atoms with van der Waals surface area (Å²) in [5.74, 6) is 0.777. The lowest BCUT2D eigenvalue weighted by Gasteiger charge is -2.17. The number of hydrogen-bond donors (Lipinski definition) is 1. The summed E-state index contributed by atoms with van der Waals surface area (Å²) in [6.45, 7) is 2.78. The summed E-state index contributed by atoms with van der Waals surface area (Å²) in [5.41, 5.74) is 0.954. The molecule has 0 aliphatic heterocycles.